The molecule has 1 atom stereocenters. The number of anilines is 1. The summed E-state index contributed by atoms with van der Waals surface area (Å²) < 4.78 is 40.0. The van der Waals surface area contributed by atoms with Gasteiger partial charge in [-0.05, 0) is 71.6 Å². The van der Waals surface area contributed by atoms with E-state index in [0.717, 1.165) is 34.3 Å². The Morgan fingerprint density at radius 3 is 2.40 bits per heavy atom. The first-order valence-corrected chi connectivity index (χ1v) is 13.2. The third-order valence-corrected chi connectivity index (χ3v) is 6.99. The molecule has 0 aliphatic carbocycles. The molecule has 0 radical (unpaired) electrons. The maximum Gasteiger partial charge on any atom is 0.416 e. The van der Waals surface area contributed by atoms with Gasteiger partial charge in [-0.1, -0.05) is 42.5 Å². The molecule has 42 heavy (non-hydrogen) atoms. The van der Waals surface area contributed by atoms with E-state index in [1.165, 1.54) is 6.07 Å². The molecule has 0 amide bonds. The Balaban J connectivity index is 1.42. The zero-order valence-corrected chi connectivity index (χ0v) is 22.4. The second-order valence-electron chi connectivity index (χ2n) is 9.82. The van der Waals surface area contributed by atoms with Crippen molar-refractivity contribution in [3.63, 3.8) is 0 Å². The molecule has 7 nitrogen and oxygen atoms in total. The summed E-state index contributed by atoms with van der Waals surface area (Å²) in [5.41, 5.74) is 5.65. The average molecular weight is 567 g/mol. The lowest BCUT2D eigenvalue weighted by Gasteiger charge is -2.17. The highest BCUT2D eigenvalue weighted by Crippen LogP contribution is 2.33. The highest BCUT2D eigenvalue weighted by Gasteiger charge is 2.30. The minimum Gasteiger partial charge on any atom is -0.392 e. The van der Waals surface area contributed by atoms with Crippen LogP contribution in [0.15, 0.2) is 97.3 Å². The molecule has 0 spiro atoms. The highest BCUT2D eigenvalue weighted by atomic mass is 19.4. The van der Waals surface area contributed by atoms with Crippen molar-refractivity contribution in [1.29, 1.82) is 0 Å². The summed E-state index contributed by atoms with van der Waals surface area (Å²) in [5.74, 6) is 0.704. The van der Waals surface area contributed by atoms with E-state index in [1.807, 2.05) is 48.5 Å². The van der Waals surface area contributed by atoms with Crippen molar-refractivity contribution in [2.45, 2.75) is 25.7 Å². The number of pyridine rings is 1. The first kappa shape index (κ1) is 27.1. The smallest absolute Gasteiger partial charge is 0.392 e. The van der Waals surface area contributed by atoms with Crippen LogP contribution in [0.5, 0.6) is 0 Å². The molecule has 10 heteroatoms. The predicted molar refractivity (Wildman–Crippen MR) is 155 cm³/mol. The average Bonchev–Trinajstić information content (AvgIpc) is 3.45. The van der Waals surface area contributed by atoms with E-state index in [4.69, 9.17) is 4.98 Å². The molecular formula is C32H25F3N6O. The van der Waals surface area contributed by atoms with Crippen LogP contribution < -0.4 is 5.32 Å². The number of aliphatic hydroxyl groups is 1. The second-order valence-corrected chi connectivity index (χ2v) is 9.82. The zero-order chi connectivity index (χ0) is 29.3. The minimum atomic E-state index is -4.45. The maximum atomic E-state index is 13.3. The Kier molecular flexibility index (Phi) is 7.13. The number of aromatic amines is 1. The molecule has 0 unspecified atom stereocenters. The zero-order valence-electron chi connectivity index (χ0n) is 22.4. The molecule has 0 bridgehead atoms. The van der Waals surface area contributed by atoms with Gasteiger partial charge in [0, 0.05) is 18.0 Å². The molecule has 0 aliphatic heterocycles. The third kappa shape index (κ3) is 5.57. The highest BCUT2D eigenvalue weighted by molar-refractivity contribution is 5.84. The van der Waals surface area contributed by atoms with Gasteiger partial charge in [0.25, 0.3) is 0 Å². The number of alkyl halides is 3. The molecule has 3 aromatic carbocycles. The Morgan fingerprint density at radius 1 is 0.833 bits per heavy atom. The van der Waals surface area contributed by atoms with Crippen LogP contribution in [0.25, 0.3) is 44.9 Å². The molecule has 0 saturated carbocycles. The molecule has 3 aromatic heterocycles. The maximum absolute atomic E-state index is 13.3. The van der Waals surface area contributed by atoms with E-state index < -0.39 is 17.8 Å². The van der Waals surface area contributed by atoms with Gasteiger partial charge in [0.15, 0.2) is 5.82 Å². The quantitative estimate of drug-likeness (QED) is 0.186. The summed E-state index contributed by atoms with van der Waals surface area (Å²) in [6.07, 6.45) is -0.981. The lowest BCUT2D eigenvalue weighted by molar-refractivity contribution is -0.137. The summed E-state index contributed by atoms with van der Waals surface area (Å²) in [6, 6.07) is 23.5. The molecule has 0 fully saturated rings. The van der Waals surface area contributed by atoms with Crippen molar-refractivity contribution in [3.8, 4) is 33.9 Å². The number of nitrogens with zero attached hydrogens (tertiary/aromatic N) is 4. The lowest BCUT2D eigenvalue weighted by Crippen LogP contribution is -2.12. The number of halogens is 3. The normalized spacial score (nSPS) is 12.4. The molecule has 0 saturated heterocycles. The fraction of sp³-hybridized carbons (Fsp3) is 0.125. The number of hydrogen-bond acceptors (Lipinski definition) is 6. The van der Waals surface area contributed by atoms with E-state index in [0.29, 0.717) is 33.9 Å². The van der Waals surface area contributed by atoms with Gasteiger partial charge in [-0.2, -0.15) is 13.2 Å². The molecule has 3 heterocycles. The first-order valence-electron chi connectivity index (χ1n) is 13.2. The number of benzene rings is 3. The van der Waals surface area contributed by atoms with Gasteiger partial charge in [-0.25, -0.2) is 15.0 Å². The van der Waals surface area contributed by atoms with Gasteiger partial charge in [0.1, 0.15) is 5.69 Å². The predicted octanol–water partition coefficient (Wildman–Crippen LogP) is 7.43. The SMILES string of the molecule is C[C@H](Nc1nc(-c2nc3ccc(-c4ccncc4)cc3[nH]2)cc(-c2ccccc2CO)n1)c1cccc(C(F)(F)F)c1. The summed E-state index contributed by atoms with van der Waals surface area (Å²) in [5, 5.41) is 13.1. The number of H-pyrrole nitrogens is 1. The number of hydrogen-bond donors (Lipinski definition) is 3. The fourth-order valence-electron chi connectivity index (χ4n) is 4.80. The topological polar surface area (TPSA) is 99.6 Å². The lowest BCUT2D eigenvalue weighted by atomic mass is 10.0. The van der Waals surface area contributed by atoms with Gasteiger partial charge in [0.2, 0.25) is 5.95 Å². The summed E-state index contributed by atoms with van der Waals surface area (Å²) in [7, 11) is 0. The van der Waals surface area contributed by atoms with Gasteiger partial charge in [-0.15, -0.1) is 0 Å². The van der Waals surface area contributed by atoms with Crippen molar-refractivity contribution in [3.05, 3.63) is 114 Å². The van der Waals surface area contributed by atoms with E-state index in [9.17, 15) is 18.3 Å². The third-order valence-electron chi connectivity index (χ3n) is 6.99. The van der Waals surface area contributed by atoms with Crippen molar-refractivity contribution < 1.29 is 18.3 Å². The largest absolute Gasteiger partial charge is 0.416 e. The van der Waals surface area contributed by atoms with E-state index in [2.05, 4.69) is 25.3 Å². The van der Waals surface area contributed by atoms with Crippen LogP contribution in [-0.4, -0.2) is 30.0 Å². The van der Waals surface area contributed by atoms with Crippen LogP contribution in [0.1, 0.15) is 29.7 Å². The number of rotatable bonds is 7. The Labute approximate surface area is 239 Å². The summed E-state index contributed by atoms with van der Waals surface area (Å²) >= 11 is 0. The van der Waals surface area contributed by atoms with Gasteiger partial charge in [-0.3, -0.25) is 4.98 Å². The number of imidazole rings is 1. The van der Waals surface area contributed by atoms with Crippen LogP contribution in [0.4, 0.5) is 19.1 Å². The molecule has 6 aromatic rings. The van der Waals surface area contributed by atoms with Crippen molar-refractivity contribution >= 4 is 17.0 Å². The van der Waals surface area contributed by atoms with Crippen LogP contribution in [-0.2, 0) is 12.8 Å². The minimum absolute atomic E-state index is 0.193. The number of aliphatic hydroxyl groups excluding tert-OH is 1. The fourth-order valence-corrected chi connectivity index (χ4v) is 4.80. The second kappa shape index (κ2) is 11.1. The van der Waals surface area contributed by atoms with Gasteiger partial charge < -0.3 is 15.4 Å². The van der Waals surface area contributed by atoms with E-state index >= 15 is 0 Å². The first-order chi connectivity index (χ1) is 20.3. The van der Waals surface area contributed by atoms with Crippen molar-refractivity contribution in [2.24, 2.45) is 0 Å². The van der Waals surface area contributed by atoms with Gasteiger partial charge in [0.05, 0.1) is 34.9 Å². The standard InChI is InChI=1S/C32H25F3N6O/c1-19(21-6-4-7-24(15-21)32(33,34)35)37-31-40-27(25-8-3-2-5-23(25)18-42)17-29(41-31)30-38-26-10-9-22(16-28(26)39-30)20-11-13-36-14-12-20/h2-17,19,42H,18H2,1H3,(H,38,39)(H,37,40,41)/t19-/m0/s1. The Hall–Kier alpha value is -5.09. The monoisotopic (exact) mass is 566 g/mol. The number of aromatic nitrogens is 5. The molecule has 6 rings (SSSR count). The molecular weight excluding hydrogens is 541 g/mol. The number of fused-ring (bicyclic) bond motifs is 1. The number of nitrogens with one attached hydrogen (secondary N) is 2. The Morgan fingerprint density at radius 2 is 1.62 bits per heavy atom. The van der Waals surface area contributed by atoms with E-state index in [-0.39, 0.29) is 12.6 Å². The van der Waals surface area contributed by atoms with Crippen molar-refractivity contribution in [2.75, 3.05) is 5.32 Å². The molecule has 3 N–H and O–H groups in total. The molecule has 0 aliphatic rings. The van der Waals surface area contributed by atoms with Gasteiger partial charge >= 0.3 is 6.18 Å². The molecule has 210 valence electrons. The van der Waals surface area contributed by atoms with Crippen LogP contribution >= 0.6 is 0 Å². The van der Waals surface area contributed by atoms with Crippen molar-refractivity contribution in [1.82, 2.24) is 24.9 Å². The van der Waals surface area contributed by atoms with Crippen LogP contribution in [0, 0.1) is 0 Å². The van der Waals surface area contributed by atoms with Crippen LogP contribution in [0.3, 0.4) is 0 Å². The summed E-state index contributed by atoms with van der Waals surface area (Å²) in [6.45, 7) is 1.55. The Bertz CT molecular complexity index is 1870. The van der Waals surface area contributed by atoms with Crippen LogP contribution in [0.2, 0.25) is 0 Å². The van der Waals surface area contributed by atoms with E-state index in [1.54, 1.807) is 37.5 Å². The summed E-state index contributed by atoms with van der Waals surface area (Å²) in [4.78, 5) is 21.5.